The van der Waals surface area contributed by atoms with Crippen LogP contribution in [-0.2, 0) is 0 Å². The number of hydrogen-bond acceptors (Lipinski definition) is 4. The number of likely N-dealkylation sites (tertiary alicyclic amines) is 1. The summed E-state index contributed by atoms with van der Waals surface area (Å²) >= 11 is 1.67. The Hall–Kier alpha value is -0.450. The molecule has 0 radical (unpaired) electrons. The molecule has 0 bridgehead atoms. The van der Waals surface area contributed by atoms with Gasteiger partial charge in [0.15, 0.2) is 0 Å². The van der Waals surface area contributed by atoms with E-state index in [4.69, 9.17) is 0 Å². The zero-order chi connectivity index (χ0) is 12.1. The molecule has 0 saturated carbocycles. The molecule has 1 N–H and O–H groups in total. The van der Waals surface area contributed by atoms with E-state index in [0.717, 1.165) is 12.5 Å². The first-order chi connectivity index (χ1) is 8.25. The lowest BCUT2D eigenvalue weighted by Gasteiger charge is -2.30. The molecule has 96 valence electrons. The molecule has 4 heteroatoms. The first-order valence-corrected chi connectivity index (χ1v) is 7.54. The van der Waals surface area contributed by atoms with Crippen molar-refractivity contribution in [2.75, 3.05) is 26.2 Å². The zero-order valence-electron chi connectivity index (χ0n) is 10.9. The average Bonchev–Trinajstić information content (AvgIpc) is 2.85. The molecule has 2 heterocycles. The first kappa shape index (κ1) is 13.0. The van der Waals surface area contributed by atoms with Crippen LogP contribution in [0, 0.1) is 5.92 Å². The van der Waals surface area contributed by atoms with Crippen molar-refractivity contribution in [3.63, 3.8) is 0 Å². The van der Waals surface area contributed by atoms with E-state index in [-0.39, 0.29) is 0 Å². The highest BCUT2D eigenvalue weighted by atomic mass is 32.1. The minimum Gasteiger partial charge on any atom is -0.308 e. The van der Waals surface area contributed by atoms with E-state index in [1.165, 1.54) is 38.2 Å². The topological polar surface area (TPSA) is 28.2 Å². The van der Waals surface area contributed by atoms with Crippen molar-refractivity contribution < 1.29 is 0 Å². The third kappa shape index (κ3) is 4.05. The molecule has 1 fully saturated rings. The second-order valence-electron chi connectivity index (χ2n) is 5.11. The van der Waals surface area contributed by atoms with Crippen LogP contribution in [0.1, 0.15) is 38.4 Å². The van der Waals surface area contributed by atoms with Crippen LogP contribution in [0.2, 0.25) is 0 Å². The van der Waals surface area contributed by atoms with Gasteiger partial charge in [-0.1, -0.05) is 6.92 Å². The summed E-state index contributed by atoms with van der Waals surface area (Å²) in [6.45, 7) is 9.32. The monoisotopic (exact) mass is 253 g/mol. The molecule has 17 heavy (non-hydrogen) atoms. The molecule has 1 unspecified atom stereocenters. The predicted molar refractivity (Wildman–Crippen MR) is 73.4 cm³/mol. The highest BCUT2D eigenvalue weighted by Gasteiger charge is 2.15. The summed E-state index contributed by atoms with van der Waals surface area (Å²) in [6, 6.07) is 0.380. The number of nitrogens with zero attached hydrogens (tertiary/aromatic N) is 2. The maximum atomic E-state index is 4.33. The molecule has 3 nitrogen and oxygen atoms in total. The molecule has 1 aromatic heterocycles. The third-order valence-corrected chi connectivity index (χ3v) is 4.25. The number of piperidine rings is 1. The smallest absolute Gasteiger partial charge is 0.0795 e. The van der Waals surface area contributed by atoms with E-state index in [9.17, 15) is 0 Å². The Morgan fingerprint density at radius 1 is 1.53 bits per heavy atom. The standard InChI is InChI=1S/C13H23N3S/c1-11-3-6-16(7-4-11)8-5-14-12(2)13-9-17-10-15-13/h9-12,14H,3-8H2,1-2H3. The van der Waals surface area contributed by atoms with Crippen molar-refractivity contribution in [3.05, 3.63) is 16.6 Å². The van der Waals surface area contributed by atoms with Crippen LogP contribution in [0.25, 0.3) is 0 Å². The number of hydrogen-bond donors (Lipinski definition) is 1. The molecule has 0 aromatic carbocycles. The lowest BCUT2D eigenvalue weighted by Crippen LogP contribution is -2.38. The number of thiazole rings is 1. The first-order valence-electron chi connectivity index (χ1n) is 6.59. The van der Waals surface area contributed by atoms with E-state index in [1.807, 2.05) is 5.51 Å². The van der Waals surface area contributed by atoms with E-state index in [0.29, 0.717) is 6.04 Å². The molecule has 0 amide bonds. The van der Waals surface area contributed by atoms with E-state index in [1.54, 1.807) is 11.3 Å². The van der Waals surface area contributed by atoms with Gasteiger partial charge in [-0.2, -0.15) is 0 Å². The molecule has 0 spiro atoms. The Morgan fingerprint density at radius 3 is 2.94 bits per heavy atom. The fraction of sp³-hybridized carbons (Fsp3) is 0.769. The van der Waals surface area contributed by atoms with Gasteiger partial charge < -0.3 is 10.2 Å². The summed E-state index contributed by atoms with van der Waals surface area (Å²) in [5, 5.41) is 5.67. The maximum Gasteiger partial charge on any atom is 0.0795 e. The third-order valence-electron chi connectivity index (χ3n) is 3.65. The molecule has 1 aromatic rings. The van der Waals surface area contributed by atoms with Crippen molar-refractivity contribution in [2.45, 2.75) is 32.7 Å². The Labute approximate surface area is 108 Å². The van der Waals surface area contributed by atoms with Gasteiger partial charge in [0.2, 0.25) is 0 Å². The lowest BCUT2D eigenvalue weighted by atomic mass is 9.99. The van der Waals surface area contributed by atoms with Gasteiger partial charge in [-0.3, -0.25) is 0 Å². The Kier molecular flexibility index (Phi) is 4.95. The van der Waals surface area contributed by atoms with Gasteiger partial charge in [0.25, 0.3) is 0 Å². The minimum absolute atomic E-state index is 0.380. The second kappa shape index (κ2) is 6.47. The van der Waals surface area contributed by atoms with E-state index in [2.05, 4.69) is 34.4 Å². The van der Waals surface area contributed by atoms with Crippen LogP contribution in [0.4, 0.5) is 0 Å². The summed E-state index contributed by atoms with van der Waals surface area (Å²) in [6.07, 6.45) is 2.73. The fourth-order valence-corrected chi connectivity index (χ4v) is 2.91. The van der Waals surface area contributed by atoms with Gasteiger partial charge in [0.1, 0.15) is 0 Å². The highest BCUT2D eigenvalue weighted by Crippen LogP contribution is 2.15. The van der Waals surface area contributed by atoms with Gasteiger partial charge in [0.05, 0.1) is 11.2 Å². The molecule has 1 aliphatic heterocycles. The molecule has 2 rings (SSSR count). The van der Waals surface area contributed by atoms with Gasteiger partial charge in [0, 0.05) is 24.5 Å². The van der Waals surface area contributed by atoms with Gasteiger partial charge in [-0.25, -0.2) is 4.98 Å². The van der Waals surface area contributed by atoms with E-state index < -0.39 is 0 Å². The normalized spacial score (nSPS) is 20.6. The van der Waals surface area contributed by atoms with Gasteiger partial charge in [-0.05, 0) is 38.8 Å². The molecule has 1 aliphatic rings. The van der Waals surface area contributed by atoms with Gasteiger partial charge in [-0.15, -0.1) is 11.3 Å². The van der Waals surface area contributed by atoms with Gasteiger partial charge >= 0.3 is 0 Å². The summed E-state index contributed by atoms with van der Waals surface area (Å²) in [4.78, 5) is 6.90. The van der Waals surface area contributed by atoms with E-state index >= 15 is 0 Å². The summed E-state index contributed by atoms with van der Waals surface area (Å²) in [7, 11) is 0. The average molecular weight is 253 g/mol. The van der Waals surface area contributed by atoms with Crippen molar-refractivity contribution in [1.82, 2.24) is 15.2 Å². The SMILES string of the molecule is CC1CCN(CCNC(C)c2cscn2)CC1. The molecule has 1 atom stereocenters. The molecular weight excluding hydrogens is 230 g/mol. The number of nitrogens with one attached hydrogen (secondary N) is 1. The maximum absolute atomic E-state index is 4.33. The molecular formula is C13H23N3S. The lowest BCUT2D eigenvalue weighted by molar-refractivity contribution is 0.191. The minimum atomic E-state index is 0.380. The van der Waals surface area contributed by atoms with Crippen LogP contribution in [0.5, 0.6) is 0 Å². The van der Waals surface area contributed by atoms with Crippen molar-refractivity contribution in [3.8, 4) is 0 Å². The van der Waals surface area contributed by atoms with Crippen LogP contribution in [-0.4, -0.2) is 36.1 Å². The zero-order valence-corrected chi connectivity index (χ0v) is 11.7. The van der Waals surface area contributed by atoms with Crippen LogP contribution in [0.3, 0.4) is 0 Å². The molecule has 0 aliphatic carbocycles. The van der Waals surface area contributed by atoms with Crippen LogP contribution in [0.15, 0.2) is 10.9 Å². The predicted octanol–water partition coefficient (Wildman–Crippen LogP) is 2.53. The summed E-state index contributed by atoms with van der Waals surface area (Å²) < 4.78 is 0. The number of rotatable bonds is 5. The van der Waals surface area contributed by atoms with Crippen molar-refractivity contribution in [1.29, 1.82) is 0 Å². The Balaban J connectivity index is 1.63. The van der Waals surface area contributed by atoms with Crippen LogP contribution < -0.4 is 5.32 Å². The Morgan fingerprint density at radius 2 is 2.29 bits per heavy atom. The largest absolute Gasteiger partial charge is 0.308 e. The second-order valence-corrected chi connectivity index (χ2v) is 5.83. The fourth-order valence-electron chi connectivity index (χ4n) is 2.27. The van der Waals surface area contributed by atoms with Crippen molar-refractivity contribution >= 4 is 11.3 Å². The Bertz CT molecular complexity index is 304. The van der Waals surface area contributed by atoms with Crippen molar-refractivity contribution in [2.24, 2.45) is 5.92 Å². The summed E-state index contributed by atoms with van der Waals surface area (Å²) in [5.74, 6) is 0.924. The number of aromatic nitrogens is 1. The highest BCUT2D eigenvalue weighted by molar-refractivity contribution is 7.07. The summed E-state index contributed by atoms with van der Waals surface area (Å²) in [5.41, 5.74) is 3.07. The molecule has 1 saturated heterocycles. The quantitative estimate of drug-likeness (QED) is 0.874. The van der Waals surface area contributed by atoms with Crippen LogP contribution >= 0.6 is 11.3 Å².